The zero-order chi connectivity index (χ0) is 10.7. The molecule has 0 radical (unpaired) electrons. The standard InChI is InChI=1S/C11H13N3O/c12-10(8-14-7-3-6-13-14)9-4-1-2-5-11(9)15/h1-7,10,15H,8,12H2. The highest BCUT2D eigenvalue weighted by Crippen LogP contribution is 2.22. The Labute approximate surface area is 88.0 Å². The maximum atomic E-state index is 9.60. The first-order valence-corrected chi connectivity index (χ1v) is 4.78. The number of nitrogens with zero attached hydrogens (tertiary/aromatic N) is 2. The molecule has 0 aliphatic heterocycles. The molecule has 15 heavy (non-hydrogen) atoms. The third kappa shape index (κ3) is 2.16. The molecule has 0 fully saturated rings. The molecular formula is C11H13N3O. The van der Waals surface area contributed by atoms with E-state index < -0.39 is 0 Å². The van der Waals surface area contributed by atoms with Crippen LogP contribution in [0, 0.1) is 0 Å². The van der Waals surface area contributed by atoms with Crippen molar-refractivity contribution in [1.29, 1.82) is 0 Å². The lowest BCUT2D eigenvalue weighted by Gasteiger charge is -2.13. The summed E-state index contributed by atoms with van der Waals surface area (Å²) >= 11 is 0. The molecule has 0 saturated heterocycles. The van der Waals surface area contributed by atoms with Gasteiger partial charge >= 0.3 is 0 Å². The predicted molar refractivity (Wildman–Crippen MR) is 57.3 cm³/mol. The molecule has 2 rings (SSSR count). The first-order chi connectivity index (χ1) is 7.27. The van der Waals surface area contributed by atoms with Gasteiger partial charge in [0, 0.05) is 18.0 Å². The number of hydrogen-bond donors (Lipinski definition) is 2. The normalized spacial score (nSPS) is 12.6. The molecule has 78 valence electrons. The molecule has 4 nitrogen and oxygen atoms in total. The number of phenols is 1. The molecule has 1 aromatic heterocycles. The molecule has 0 aliphatic rings. The van der Waals surface area contributed by atoms with Crippen LogP contribution in [-0.2, 0) is 6.54 Å². The highest BCUT2D eigenvalue weighted by atomic mass is 16.3. The fourth-order valence-electron chi connectivity index (χ4n) is 1.51. The predicted octanol–water partition coefficient (Wildman–Crippen LogP) is 1.29. The number of nitrogens with two attached hydrogens (primary N) is 1. The maximum absolute atomic E-state index is 9.60. The molecule has 0 aliphatic carbocycles. The van der Waals surface area contributed by atoms with Crippen molar-refractivity contribution in [2.45, 2.75) is 12.6 Å². The second-order valence-electron chi connectivity index (χ2n) is 3.39. The fraction of sp³-hybridized carbons (Fsp3) is 0.182. The summed E-state index contributed by atoms with van der Waals surface area (Å²) in [6.45, 7) is 0.560. The van der Waals surface area contributed by atoms with Crippen molar-refractivity contribution in [3.8, 4) is 5.75 Å². The van der Waals surface area contributed by atoms with Gasteiger partial charge in [-0.2, -0.15) is 5.10 Å². The van der Waals surface area contributed by atoms with Crippen molar-refractivity contribution >= 4 is 0 Å². The summed E-state index contributed by atoms with van der Waals surface area (Å²) in [5.41, 5.74) is 6.71. The SMILES string of the molecule is NC(Cn1cccn1)c1ccccc1O. The average molecular weight is 203 g/mol. The quantitative estimate of drug-likeness (QED) is 0.790. The molecule has 1 unspecified atom stereocenters. The van der Waals surface area contributed by atoms with Gasteiger partial charge in [-0.3, -0.25) is 4.68 Å². The van der Waals surface area contributed by atoms with Gasteiger partial charge in [0.05, 0.1) is 12.6 Å². The Morgan fingerprint density at radius 3 is 2.80 bits per heavy atom. The van der Waals surface area contributed by atoms with Crippen molar-refractivity contribution in [3.05, 3.63) is 48.3 Å². The second-order valence-corrected chi connectivity index (χ2v) is 3.39. The number of phenolic OH excluding ortho intramolecular Hbond substituents is 1. The summed E-state index contributed by atoms with van der Waals surface area (Å²) < 4.78 is 1.75. The Morgan fingerprint density at radius 1 is 1.33 bits per heavy atom. The summed E-state index contributed by atoms with van der Waals surface area (Å²) in [6, 6.07) is 8.70. The average Bonchev–Trinajstić information content (AvgIpc) is 2.71. The molecular weight excluding hydrogens is 190 g/mol. The van der Waals surface area contributed by atoms with E-state index in [1.54, 1.807) is 23.0 Å². The number of para-hydroxylation sites is 1. The smallest absolute Gasteiger partial charge is 0.120 e. The molecule has 1 atom stereocenters. The summed E-state index contributed by atoms with van der Waals surface area (Å²) in [5.74, 6) is 0.233. The topological polar surface area (TPSA) is 64.1 Å². The third-order valence-corrected chi connectivity index (χ3v) is 2.28. The maximum Gasteiger partial charge on any atom is 0.120 e. The van der Waals surface area contributed by atoms with Crippen LogP contribution in [0.15, 0.2) is 42.7 Å². The van der Waals surface area contributed by atoms with E-state index in [-0.39, 0.29) is 11.8 Å². The zero-order valence-electron chi connectivity index (χ0n) is 8.24. The number of benzene rings is 1. The molecule has 0 amide bonds. The lowest BCUT2D eigenvalue weighted by atomic mass is 10.1. The van der Waals surface area contributed by atoms with E-state index in [4.69, 9.17) is 5.73 Å². The van der Waals surface area contributed by atoms with Crippen LogP contribution < -0.4 is 5.73 Å². The van der Waals surface area contributed by atoms with Crippen LogP contribution in [0.5, 0.6) is 5.75 Å². The second kappa shape index (κ2) is 4.14. The Balaban J connectivity index is 2.15. The molecule has 0 bridgehead atoms. The van der Waals surface area contributed by atoms with Crippen molar-refractivity contribution < 1.29 is 5.11 Å². The highest BCUT2D eigenvalue weighted by Gasteiger charge is 2.10. The molecule has 1 aromatic carbocycles. The Morgan fingerprint density at radius 2 is 2.13 bits per heavy atom. The number of aromatic hydroxyl groups is 1. The van der Waals surface area contributed by atoms with Gasteiger partial charge in [0.2, 0.25) is 0 Å². The van der Waals surface area contributed by atoms with Crippen LogP contribution in [0.2, 0.25) is 0 Å². The molecule has 0 saturated carbocycles. The van der Waals surface area contributed by atoms with Crippen LogP contribution in [0.25, 0.3) is 0 Å². The number of aromatic nitrogens is 2. The van der Waals surface area contributed by atoms with Crippen LogP contribution in [0.3, 0.4) is 0 Å². The molecule has 3 N–H and O–H groups in total. The Bertz CT molecular complexity index is 425. The van der Waals surface area contributed by atoms with E-state index in [1.165, 1.54) is 0 Å². The summed E-state index contributed by atoms with van der Waals surface area (Å²) in [5, 5.41) is 13.7. The Hall–Kier alpha value is -1.81. The first kappa shape index (κ1) is 9.73. The molecule has 0 spiro atoms. The Kier molecular flexibility index (Phi) is 2.69. The van der Waals surface area contributed by atoms with Gasteiger partial charge in [-0.05, 0) is 12.1 Å². The van der Waals surface area contributed by atoms with Crippen molar-refractivity contribution in [2.75, 3.05) is 0 Å². The van der Waals surface area contributed by atoms with Gasteiger partial charge in [-0.15, -0.1) is 0 Å². The summed E-state index contributed by atoms with van der Waals surface area (Å²) in [7, 11) is 0. The van der Waals surface area contributed by atoms with Gasteiger partial charge in [0.25, 0.3) is 0 Å². The number of rotatable bonds is 3. The third-order valence-electron chi connectivity index (χ3n) is 2.28. The monoisotopic (exact) mass is 203 g/mol. The lowest BCUT2D eigenvalue weighted by molar-refractivity contribution is 0.448. The minimum absolute atomic E-state index is 0.233. The van der Waals surface area contributed by atoms with Gasteiger partial charge in [-0.1, -0.05) is 18.2 Å². The van der Waals surface area contributed by atoms with E-state index in [1.807, 2.05) is 24.4 Å². The van der Waals surface area contributed by atoms with E-state index >= 15 is 0 Å². The van der Waals surface area contributed by atoms with Crippen molar-refractivity contribution in [3.63, 3.8) is 0 Å². The van der Waals surface area contributed by atoms with E-state index in [0.29, 0.717) is 6.54 Å². The van der Waals surface area contributed by atoms with Crippen molar-refractivity contribution in [2.24, 2.45) is 5.73 Å². The molecule has 4 heteroatoms. The van der Waals surface area contributed by atoms with E-state index in [0.717, 1.165) is 5.56 Å². The zero-order valence-corrected chi connectivity index (χ0v) is 8.24. The lowest BCUT2D eigenvalue weighted by Crippen LogP contribution is -2.17. The van der Waals surface area contributed by atoms with Crippen molar-refractivity contribution in [1.82, 2.24) is 9.78 Å². The van der Waals surface area contributed by atoms with E-state index in [9.17, 15) is 5.11 Å². The summed E-state index contributed by atoms with van der Waals surface area (Å²) in [6.07, 6.45) is 3.55. The molecule has 1 heterocycles. The minimum Gasteiger partial charge on any atom is -0.508 e. The van der Waals surface area contributed by atoms with Gasteiger partial charge in [-0.25, -0.2) is 0 Å². The largest absolute Gasteiger partial charge is 0.508 e. The van der Waals surface area contributed by atoms with E-state index in [2.05, 4.69) is 5.10 Å². The number of hydrogen-bond acceptors (Lipinski definition) is 3. The highest BCUT2D eigenvalue weighted by molar-refractivity contribution is 5.34. The van der Waals surface area contributed by atoms with Crippen LogP contribution in [0.1, 0.15) is 11.6 Å². The first-order valence-electron chi connectivity index (χ1n) is 4.78. The summed E-state index contributed by atoms with van der Waals surface area (Å²) in [4.78, 5) is 0. The molecule has 2 aromatic rings. The van der Waals surface area contributed by atoms with Crippen LogP contribution in [-0.4, -0.2) is 14.9 Å². The van der Waals surface area contributed by atoms with Gasteiger partial charge in [0.1, 0.15) is 5.75 Å². The fourth-order valence-corrected chi connectivity index (χ4v) is 1.51. The van der Waals surface area contributed by atoms with Crippen LogP contribution >= 0.6 is 0 Å². The van der Waals surface area contributed by atoms with Crippen LogP contribution in [0.4, 0.5) is 0 Å². The minimum atomic E-state index is -0.244. The van der Waals surface area contributed by atoms with Gasteiger partial charge in [0.15, 0.2) is 0 Å². The van der Waals surface area contributed by atoms with Gasteiger partial charge < -0.3 is 10.8 Å².